The van der Waals surface area contributed by atoms with Gasteiger partial charge in [0.05, 0.1) is 16.9 Å². The van der Waals surface area contributed by atoms with Crippen LogP contribution in [0.2, 0.25) is 0 Å². The van der Waals surface area contributed by atoms with Crippen LogP contribution in [0.5, 0.6) is 11.5 Å². The minimum absolute atomic E-state index is 0.0306. The standard InChI is InChI=1S/C14H15BrN2O2/c1-3-6-17-9-12(8-16-17)19-14-5-4-11(10(2)18)7-13(14)15/h4-5,7-9H,3,6H2,1-2H3. The molecule has 0 saturated heterocycles. The van der Waals surface area contributed by atoms with E-state index in [1.54, 1.807) is 24.4 Å². The van der Waals surface area contributed by atoms with Crippen molar-refractivity contribution in [2.45, 2.75) is 26.8 Å². The van der Waals surface area contributed by atoms with Gasteiger partial charge in [-0.05, 0) is 47.5 Å². The quantitative estimate of drug-likeness (QED) is 0.780. The van der Waals surface area contributed by atoms with E-state index in [1.807, 2.05) is 10.9 Å². The third kappa shape index (κ3) is 3.44. The number of rotatable bonds is 5. The summed E-state index contributed by atoms with van der Waals surface area (Å²) in [5, 5.41) is 4.20. The lowest BCUT2D eigenvalue weighted by atomic mass is 10.1. The summed E-state index contributed by atoms with van der Waals surface area (Å²) in [6.07, 6.45) is 4.56. The summed E-state index contributed by atoms with van der Waals surface area (Å²) >= 11 is 3.41. The number of benzene rings is 1. The van der Waals surface area contributed by atoms with Crippen LogP contribution in [0.4, 0.5) is 0 Å². The Bertz CT molecular complexity index is 593. The van der Waals surface area contributed by atoms with E-state index in [-0.39, 0.29) is 5.78 Å². The van der Waals surface area contributed by atoms with Crippen LogP contribution < -0.4 is 4.74 Å². The Morgan fingerprint density at radius 2 is 2.26 bits per heavy atom. The van der Waals surface area contributed by atoms with E-state index < -0.39 is 0 Å². The average molecular weight is 323 g/mol. The van der Waals surface area contributed by atoms with E-state index >= 15 is 0 Å². The molecule has 0 aliphatic heterocycles. The molecule has 19 heavy (non-hydrogen) atoms. The Labute approximate surface area is 120 Å². The Kier molecular flexibility index (Phi) is 4.37. The maximum atomic E-state index is 11.3. The topological polar surface area (TPSA) is 44.1 Å². The zero-order valence-electron chi connectivity index (χ0n) is 10.9. The molecule has 1 aromatic heterocycles. The molecule has 0 bridgehead atoms. The van der Waals surface area contributed by atoms with Gasteiger partial charge in [0.1, 0.15) is 5.75 Å². The highest BCUT2D eigenvalue weighted by Gasteiger charge is 2.08. The molecule has 0 spiro atoms. The highest BCUT2D eigenvalue weighted by molar-refractivity contribution is 9.10. The van der Waals surface area contributed by atoms with Crippen molar-refractivity contribution in [2.24, 2.45) is 0 Å². The Hall–Kier alpha value is -1.62. The van der Waals surface area contributed by atoms with Gasteiger partial charge >= 0.3 is 0 Å². The number of ether oxygens (including phenoxy) is 1. The van der Waals surface area contributed by atoms with Gasteiger partial charge in [-0.15, -0.1) is 0 Å². The first-order chi connectivity index (χ1) is 9.10. The fraction of sp³-hybridized carbons (Fsp3) is 0.286. The molecular weight excluding hydrogens is 308 g/mol. The molecule has 100 valence electrons. The minimum Gasteiger partial charge on any atom is -0.453 e. The lowest BCUT2D eigenvalue weighted by Crippen LogP contribution is -1.95. The second-order valence-corrected chi connectivity index (χ2v) is 5.10. The van der Waals surface area contributed by atoms with E-state index in [9.17, 15) is 4.79 Å². The summed E-state index contributed by atoms with van der Waals surface area (Å²) in [6, 6.07) is 5.28. The van der Waals surface area contributed by atoms with Crippen molar-refractivity contribution < 1.29 is 9.53 Å². The molecule has 4 nitrogen and oxygen atoms in total. The molecule has 2 aromatic rings. The second-order valence-electron chi connectivity index (χ2n) is 4.24. The van der Waals surface area contributed by atoms with Gasteiger partial charge in [-0.3, -0.25) is 9.48 Å². The number of carbonyl (C=O) groups is 1. The van der Waals surface area contributed by atoms with Gasteiger partial charge in [0.2, 0.25) is 0 Å². The first-order valence-corrected chi connectivity index (χ1v) is 6.90. The van der Waals surface area contributed by atoms with Crippen molar-refractivity contribution in [1.82, 2.24) is 9.78 Å². The predicted molar refractivity (Wildman–Crippen MR) is 76.7 cm³/mol. The Balaban J connectivity index is 2.16. The van der Waals surface area contributed by atoms with Gasteiger partial charge in [0, 0.05) is 12.1 Å². The third-order valence-corrected chi connectivity index (χ3v) is 3.25. The number of hydrogen-bond donors (Lipinski definition) is 0. The lowest BCUT2D eigenvalue weighted by molar-refractivity contribution is 0.101. The van der Waals surface area contributed by atoms with E-state index in [4.69, 9.17) is 4.74 Å². The first kappa shape index (κ1) is 13.8. The van der Waals surface area contributed by atoms with Crippen LogP contribution in [0.3, 0.4) is 0 Å². The summed E-state index contributed by atoms with van der Waals surface area (Å²) < 4.78 is 8.32. The molecule has 1 heterocycles. The zero-order chi connectivity index (χ0) is 13.8. The fourth-order valence-electron chi connectivity index (χ4n) is 1.68. The lowest BCUT2D eigenvalue weighted by Gasteiger charge is -2.06. The van der Waals surface area contributed by atoms with Crippen molar-refractivity contribution in [1.29, 1.82) is 0 Å². The molecule has 2 rings (SSSR count). The maximum Gasteiger partial charge on any atom is 0.165 e. The van der Waals surface area contributed by atoms with Crippen LogP contribution in [0.1, 0.15) is 30.6 Å². The Morgan fingerprint density at radius 3 is 2.89 bits per heavy atom. The van der Waals surface area contributed by atoms with Gasteiger partial charge in [-0.25, -0.2) is 0 Å². The summed E-state index contributed by atoms with van der Waals surface area (Å²) in [4.78, 5) is 11.3. The third-order valence-electron chi connectivity index (χ3n) is 2.63. The summed E-state index contributed by atoms with van der Waals surface area (Å²) in [6.45, 7) is 4.50. The predicted octanol–water partition coefficient (Wildman–Crippen LogP) is 4.05. The number of hydrogen-bond acceptors (Lipinski definition) is 3. The zero-order valence-corrected chi connectivity index (χ0v) is 12.5. The number of carbonyl (C=O) groups excluding carboxylic acids is 1. The number of aromatic nitrogens is 2. The first-order valence-electron chi connectivity index (χ1n) is 6.11. The van der Waals surface area contributed by atoms with Gasteiger partial charge in [0.25, 0.3) is 0 Å². The molecule has 0 saturated carbocycles. The minimum atomic E-state index is 0.0306. The van der Waals surface area contributed by atoms with Crippen molar-refractivity contribution in [3.63, 3.8) is 0 Å². The number of Topliss-reactive ketones (excluding diaryl/α,β-unsaturated/α-hetero) is 1. The van der Waals surface area contributed by atoms with Gasteiger partial charge < -0.3 is 4.74 Å². The van der Waals surface area contributed by atoms with Crippen LogP contribution >= 0.6 is 15.9 Å². The smallest absolute Gasteiger partial charge is 0.165 e. The summed E-state index contributed by atoms with van der Waals surface area (Å²) in [5.41, 5.74) is 0.654. The summed E-state index contributed by atoms with van der Waals surface area (Å²) in [7, 11) is 0. The molecule has 5 heteroatoms. The molecule has 0 fully saturated rings. The number of aryl methyl sites for hydroxylation is 1. The SMILES string of the molecule is CCCn1cc(Oc2ccc(C(C)=O)cc2Br)cn1. The number of nitrogens with zero attached hydrogens (tertiary/aromatic N) is 2. The normalized spacial score (nSPS) is 10.5. The van der Waals surface area contributed by atoms with Crippen molar-refractivity contribution in [2.75, 3.05) is 0 Å². The van der Waals surface area contributed by atoms with E-state index in [0.717, 1.165) is 17.4 Å². The number of halogens is 1. The van der Waals surface area contributed by atoms with E-state index in [2.05, 4.69) is 28.0 Å². The van der Waals surface area contributed by atoms with Crippen molar-refractivity contribution in [3.05, 3.63) is 40.6 Å². The highest BCUT2D eigenvalue weighted by atomic mass is 79.9. The molecule has 0 atom stereocenters. The van der Waals surface area contributed by atoms with Crippen LogP contribution in [0.25, 0.3) is 0 Å². The van der Waals surface area contributed by atoms with Crippen LogP contribution in [-0.2, 0) is 6.54 Å². The molecule has 0 amide bonds. The van der Waals surface area contributed by atoms with Crippen LogP contribution in [0.15, 0.2) is 35.1 Å². The molecule has 0 unspecified atom stereocenters. The number of ketones is 1. The van der Waals surface area contributed by atoms with Gasteiger partial charge in [0.15, 0.2) is 11.5 Å². The van der Waals surface area contributed by atoms with Gasteiger partial charge in [-0.2, -0.15) is 5.10 Å². The molecule has 0 radical (unpaired) electrons. The molecular formula is C14H15BrN2O2. The Morgan fingerprint density at radius 1 is 1.47 bits per heavy atom. The van der Waals surface area contributed by atoms with Gasteiger partial charge in [-0.1, -0.05) is 6.92 Å². The second kappa shape index (κ2) is 6.02. The molecule has 0 aliphatic rings. The summed E-state index contributed by atoms with van der Waals surface area (Å²) in [5.74, 6) is 1.38. The van der Waals surface area contributed by atoms with Crippen LogP contribution in [0, 0.1) is 0 Å². The monoisotopic (exact) mass is 322 g/mol. The average Bonchev–Trinajstić information content (AvgIpc) is 2.79. The van der Waals surface area contributed by atoms with Crippen molar-refractivity contribution in [3.8, 4) is 11.5 Å². The van der Waals surface area contributed by atoms with Crippen LogP contribution in [-0.4, -0.2) is 15.6 Å². The molecule has 0 aliphatic carbocycles. The van der Waals surface area contributed by atoms with Crippen molar-refractivity contribution >= 4 is 21.7 Å². The molecule has 0 N–H and O–H groups in total. The molecule has 1 aromatic carbocycles. The van der Waals surface area contributed by atoms with E-state index in [0.29, 0.717) is 17.1 Å². The fourth-order valence-corrected chi connectivity index (χ4v) is 2.14. The highest BCUT2D eigenvalue weighted by Crippen LogP contribution is 2.30. The largest absolute Gasteiger partial charge is 0.453 e. The van der Waals surface area contributed by atoms with E-state index in [1.165, 1.54) is 6.92 Å². The maximum absolute atomic E-state index is 11.3.